The molecule has 1 aromatic rings. The summed E-state index contributed by atoms with van der Waals surface area (Å²) in [5, 5.41) is 0. The number of amides is 1. The monoisotopic (exact) mass is 287 g/mol. The zero-order valence-electron chi connectivity index (χ0n) is 12.9. The zero-order valence-corrected chi connectivity index (χ0v) is 12.9. The number of benzene rings is 1. The van der Waals surface area contributed by atoms with Gasteiger partial charge >= 0.3 is 0 Å². The van der Waals surface area contributed by atoms with Gasteiger partial charge in [-0.1, -0.05) is 37.1 Å². The van der Waals surface area contributed by atoms with Crippen molar-refractivity contribution in [3.63, 3.8) is 0 Å². The van der Waals surface area contributed by atoms with Gasteiger partial charge in [0.1, 0.15) is 0 Å². The Morgan fingerprint density at radius 3 is 2.67 bits per heavy atom. The lowest BCUT2D eigenvalue weighted by Crippen LogP contribution is -2.42. The van der Waals surface area contributed by atoms with Crippen LogP contribution in [0.2, 0.25) is 0 Å². The van der Waals surface area contributed by atoms with Crippen LogP contribution in [0.4, 0.5) is 0 Å². The van der Waals surface area contributed by atoms with Crippen LogP contribution in [0.5, 0.6) is 0 Å². The lowest BCUT2D eigenvalue weighted by Gasteiger charge is -2.31. The molecule has 0 unspecified atom stereocenters. The molecule has 0 aromatic heterocycles. The van der Waals surface area contributed by atoms with E-state index in [0.717, 1.165) is 32.4 Å². The van der Waals surface area contributed by atoms with Crippen LogP contribution in [0.3, 0.4) is 0 Å². The van der Waals surface area contributed by atoms with E-state index < -0.39 is 0 Å². The average molecular weight is 287 g/mol. The number of hydrogen-bond donors (Lipinski definition) is 0. The molecular formula is C18H25NO2. The molecule has 3 heteroatoms. The van der Waals surface area contributed by atoms with E-state index in [2.05, 4.69) is 36.1 Å². The Kier molecular flexibility index (Phi) is 4.59. The molecule has 1 amide bonds. The molecule has 1 heterocycles. The average Bonchev–Trinajstić information content (AvgIpc) is 3.19. The smallest absolute Gasteiger partial charge is 0.228 e. The third kappa shape index (κ3) is 3.29. The Hall–Kier alpha value is -1.35. The maximum atomic E-state index is 12.9. The Morgan fingerprint density at radius 1 is 1.24 bits per heavy atom. The highest BCUT2D eigenvalue weighted by molar-refractivity contribution is 5.79. The summed E-state index contributed by atoms with van der Waals surface area (Å²) in [5.74, 6) is 0.386. The predicted octanol–water partition coefficient (Wildman–Crippen LogP) is 3.30. The third-order valence-electron chi connectivity index (χ3n) is 4.93. The fraction of sp³-hybridized carbons (Fsp3) is 0.611. The molecule has 1 aromatic carbocycles. The van der Waals surface area contributed by atoms with E-state index >= 15 is 0 Å². The summed E-state index contributed by atoms with van der Waals surface area (Å²) >= 11 is 0. The molecule has 1 saturated carbocycles. The van der Waals surface area contributed by atoms with Gasteiger partial charge in [0.25, 0.3) is 0 Å². The zero-order chi connectivity index (χ0) is 14.7. The summed E-state index contributed by atoms with van der Waals surface area (Å²) in [4.78, 5) is 15.0. The minimum Gasteiger partial charge on any atom is -0.381 e. The molecule has 3 rings (SSSR count). The molecule has 1 aliphatic carbocycles. The van der Waals surface area contributed by atoms with E-state index in [9.17, 15) is 4.79 Å². The number of hydrogen-bond acceptors (Lipinski definition) is 2. The van der Waals surface area contributed by atoms with Crippen LogP contribution < -0.4 is 0 Å². The first-order valence-electron chi connectivity index (χ1n) is 8.18. The van der Waals surface area contributed by atoms with Crippen LogP contribution in [0, 0.1) is 12.8 Å². The lowest BCUT2D eigenvalue weighted by molar-refractivity contribution is -0.138. The summed E-state index contributed by atoms with van der Waals surface area (Å²) in [7, 11) is 0. The van der Waals surface area contributed by atoms with Gasteiger partial charge < -0.3 is 9.64 Å². The molecule has 1 aliphatic heterocycles. The van der Waals surface area contributed by atoms with E-state index in [-0.39, 0.29) is 5.92 Å². The van der Waals surface area contributed by atoms with Crippen molar-refractivity contribution in [2.75, 3.05) is 13.2 Å². The fourth-order valence-corrected chi connectivity index (χ4v) is 3.54. The Labute approximate surface area is 127 Å². The molecule has 2 fully saturated rings. The van der Waals surface area contributed by atoms with Crippen LogP contribution in [-0.2, 0) is 16.1 Å². The molecule has 0 spiro atoms. The second-order valence-corrected chi connectivity index (χ2v) is 6.39. The van der Waals surface area contributed by atoms with Crippen LogP contribution >= 0.6 is 0 Å². The van der Waals surface area contributed by atoms with Gasteiger partial charge in [0, 0.05) is 19.2 Å². The maximum Gasteiger partial charge on any atom is 0.228 e. The lowest BCUT2D eigenvalue weighted by atomic mass is 10.0. The fourth-order valence-electron chi connectivity index (χ4n) is 3.54. The van der Waals surface area contributed by atoms with Crippen LogP contribution in [0.15, 0.2) is 24.3 Å². The molecule has 1 atom stereocenters. The van der Waals surface area contributed by atoms with Crippen LogP contribution in [-0.4, -0.2) is 30.1 Å². The van der Waals surface area contributed by atoms with Gasteiger partial charge in [0.2, 0.25) is 5.91 Å². The first-order chi connectivity index (χ1) is 10.3. The highest BCUT2D eigenvalue weighted by Gasteiger charge is 2.33. The topological polar surface area (TPSA) is 29.5 Å². The van der Waals surface area contributed by atoms with E-state index in [1.165, 1.54) is 24.0 Å². The Morgan fingerprint density at radius 2 is 2.00 bits per heavy atom. The minimum atomic E-state index is 0.0784. The number of carbonyl (C=O) groups excluding carboxylic acids is 1. The molecule has 0 radical (unpaired) electrons. The second kappa shape index (κ2) is 6.61. The van der Waals surface area contributed by atoms with Gasteiger partial charge in [-0.05, 0) is 37.3 Å². The molecule has 2 aliphatic rings. The van der Waals surface area contributed by atoms with Crippen LogP contribution in [0.25, 0.3) is 0 Å². The van der Waals surface area contributed by atoms with Crippen molar-refractivity contribution in [3.05, 3.63) is 35.4 Å². The van der Waals surface area contributed by atoms with Crippen molar-refractivity contribution >= 4 is 5.91 Å². The first kappa shape index (κ1) is 14.6. The molecular weight excluding hydrogens is 262 g/mol. The quantitative estimate of drug-likeness (QED) is 0.850. The van der Waals surface area contributed by atoms with Crippen molar-refractivity contribution in [1.29, 1.82) is 0 Å². The van der Waals surface area contributed by atoms with Crippen molar-refractivity contribution in [2.45, 2.75) is 51.6 Å². The molecule has 114 valence electrons. The van der Waals surface area contributed by atoms with E-state index in [4.69, 9.17) is 4.74 Å². The Balaban J connectivity index is 1.78. The maximum absolute atomic E-state index is 12.9. The number of carbonyl (C=O) groups is 1. The van der Waals surface area contributed by atoms with Crippen molar-refractivity contribution in [2.24, 2.45) is 5.92 Å². The number of nitrogens with zero attached hydrogens (tertiary/aromatic N) is 1. The largest absolute Gasteiger partial charge is 0.381 e. The SMILES string of the molecule is Cc1ccccc1CN(C(=O)[C@@H]1CCOC1)C1CCCC1. The molecule has 3 nitrogen and oxygen atoms in total. The number of aryl methyl sites for hydroxylation is 1. The minimum absolute atomic E-state index is 0.0784. The summed E-state index contributed by atoms with van der Waals surface area (Å²) in [5.41, 5.74) is 2.55. The molecule has 0 bridgehead atoms. The third-order valence-corrected chi connectivity index (χ3v) is 4.93. The van der Waals surface area contributed by atoms with Crippen molar-refractivity contribution in [3.8, 4) is 0 Å². The van der Waals surface area contributed by atoms with Crippen molar-refractivity contribution in [1.82, 2.24) is 4.90 Å². The summed E-state index contributed by atoms with van der Waals surface area (Å²) in [6.07, 6.45) is 5.71. The highest BCUT2D eigenvalue weighted by atomic mass is 16.5. The summed E-state index contributed by atoms with van der Waals surface area (Å²) in [6, 6.07) is 8.84. The molecule has 0 N–H and O–H groups in total. The first-order valence-corrected chi connectivity index (χ1v) is 8.18. The molecule has 1 saturated heterocycles. The summed E-state index contributed by atoms with van der Waals surface area (Å²) < 4.78 is 5.42. The van der Waals surface area contributed by atoms with Crippen LogP contribution in [0.1, 0.15) is 43.2 Å². The number of rotatable bonds is 4. The van der Waals surface area contributed by atoms with Gasteiger partial charge in [-0.25, -0.2) is 0 Å². The standard InChI is InChI=1S/C18H25NO2/c1-14-6-2-3-7-15(14)12-19(17-8-4-5-9-17)18(20)16-10-11-21-13-16/h2-3,6-7,16-17H,4-5,8-13H2,1H3/t16-/m1/s1. The molecule has 21 heavy (non-hydrogen) atoms. The van der Waals surface area contributed by atoms with Crippen molar-refractivity contribution < 1.29 is 9.53 Å². The highest BCUT2D eigenvalue weighted by Crippen LogP contribution is 2.28. The van der Waals surface area contributed by atoms with Gasteiger partial charge in [-0.2, -0.15) is 0 Å². The van der Waals surface area contributed by atoms with Gasteiger partial charge in [-0.15, -0.1) is 0 Å². The van der Waals surface area contributed by atoms with Gasteiger partial charge in [-0.3, -0.25) is 4.79 Å². The Bertz CT molecular complexity index is 488. The second-order valence-electron chi connectivity index (χ2n) is 6.39. The van der Waals surface area contributed by atoms with Gasteiger partial charge in [0.05, 0.1) is 12.5 Å². The van der Waals surface area contributed by atoms with E-state index in [0.29, 0.717) is 18.6 Å². The summed E-state index contributed by atoms with van der Waals surface area (Å²) in [6.45, 7) is 4.23. The van der Waals surface area contributed by atoms with E-state index in [1.54, 1.807) is 0 Å². The number of ether oxygens (including phenoxy) is 1. The normalized spacial score (nSPS) is 22.6. The van der Waals surface area contributed by atoms with Gasteiger partial charge in [0.15, 0.2) is 0 Å². The van der Waals surface area contributed by atoms with E-state index in [1.807, 2.05) is 0 Å². The predicted molar refractivity (Wildman–Crippen MR) is 82.9 cm³/mol.